The molecular weight excluding hydrogens is 905 g/mol. The maximum atomic E-state index is 2.66. The predicted octanol–water partition coefficient (Wildman–Crippen LogP) is 14.6. The fourth-order valence-electron chi connectivity index (χ4n) is 11.5. The Morgan fingerprint density at radius 2 is 0.682 bits per heavy atom. The number of benzene rings is 9. The van der Waals surface area contributed by atoms with Crippen LogP contribution in [-0.4, -0.2) is 18.4 Å². The molecule has 3 heterocycles. The van der Waals surface area contributed by atoms with Gasteiger partial charge in [0, 0.05) is 0 Å². The van der Waals surface area contributed by atoms with Crippen LogP contribution in [0.3, 0.4) is 0 Å². The third kappa shape index (κ3) is 5.87. The van der Waals surface area contributed by atoms with Crippen LogP contribution in [-0.2, 0) is 16.2 Å². The van der Waals surface area contributed by atoms with Crippen LogP contribution < -0.4 is 29.0 Å². The second kappa shape index (κ2) is 14.3. The van der Waals surface area contributed by atoms with Crippen molar-refractivity contribution in [2.75, 3.05) is 14.7 Å². The molecule has 324 valence electrons. The molecule has 0 unspecified atom stereocenters. The Bertz CT molecular complexity index is 3230. The zero-order valence-electron chi connectivity index (χ0n) is 39.7. The van der Waals surface area contributed by atoms with Gasteiger partial charge in [0.05, 0.1) is 0 Å². The normalized spacial score (nSPS) is 14.8. The van der Waals surface area contributed by atoms with Crippen LogP contribution in [0.15, 0.2) is 182 Å². The van der Waals surface area contributed by atoms with E-state index >= 15 is 0 Å². The molecule has 9 aromatic carbocycles. The Kier molecular flexibility index (Phi) is 8.95. The van der Waals surface area contributed by atoms with E-state index in [1.165, 1.54) is 104 Å². The van der Waals surface area contributed by atoms with Crippen LogP contribution in [0.4, 0.5) is 51.2 Å². The van der Waals surface area contributed by atoms with Crippen molar-refractivity contribution in [3.63, 3.8) is 0 Å². The van der Waals surface area contributed by atoms with E-state index in [1.807, 2.05) is 0 Å². The van der Waals surface area contributed by atoms with Crippen LogP contribution in [0.5, 0.6) is 0 Å². The molecule has 9 aromatic rings. The van der Waals surface area contributed by atoms with E-state index in [2.05, 4.69) is 259 Å². The van der Waals surface area contributed by atoms with Crippen molar-refractivity contribution >= 4 is 105 Å². The van der Waals surface area contributed by atoms with Gasteiger partial charge in [0.15, 0.2) is 0 Å². The Balaban J connectivity index is 1.31. The van der Waals surface area contributed by atoms with Crippen molar-refractivity contribution in [3.8, 4) is 0 Å². The summed E-state index contributed by atoms with van der Waals surface area (Å²) in [7, 11) is 0. The summed E-state index contributed by atoms with van der Waals surface area (Å²) in [6, 6.07) is 70.8. The molecule has 4 heteroatoms. The molecule has 0 aromatic heterocycles. The van der Waals surface area contributed by atoms with E-state index in [9.17, 15) is 0 Å². The zero-order chi connectivity index (χ0) is 45.5. The molecule has 66 heavy (non-hydrogen) atoms. The van der Waals surface area contributed by atoms with Gasteiger partial charge in [0.25, 0.3) is 0 Å². The van der Waals surface area contributed by atoms with Crippen LogP contribution in [0, 0.1) is 0 Å². The van der Waals surface area contributed by atoms with Crippen molar-refractivity contribution in [2.45, 2.75) is 78.6 Å². The van der Waals surface area contributed by atoms with Gasteiger partial charge in [-0.1, -0.05) is 0 Å². The first-order valence-corrected chi connectivity index (χ1v) is 29.4. The molecule has 0 N–H and O–H groups in total. The Labute approximate surface area is 394 Å². The summed E-state index contributed by atoms with van der Waals surface area (Å²) in [5.74, 6) is 0. The summed E-state index contributed by atoms with van der Waals surface area (Å²) in [5, 5.41) is 5.06. The summed E-state index contributed by atoms with van der Waals surface area (Å²) in [5.41, 5.74) is 15.4. The van der Waals surface area contributed by atoms with Gasteiger partial charge in [0.2, 0.25) is 0 Å². The molecule has 0 aliphatic carbocycles. The first-order chi connectivity index (χ1) is 31.7. The molecule has 0 saturated carbocycles. The Hall–Kier alpha value is -6.30. The Morgan fingerprint density at radius 1 is 0.318 bits per heavy atom. The number of hydrogen-bond acceptors (Lipinski definition) is 3. The SMILES string of the molecule is CC(C)(C)c1ccc(N2c3cc4ccccc4c4[c]3[Sn]3([c]5ccccc5)[c]5c(cccc5N(c5ccc(C(C)(C)C)cc5)c5[c]3c2cc2ccccc52)N4c2ccc(C(C)(C)C)cc2)cc1. The van der Waals surface area contributed by atoms with Gasteiger partial charge in [-0.3, -0.25) is 0 Å². The monoisotopic (exact) mass is 963 g/mol. The summed E-state index contributed by atoms with van der Waals surface area (Å²) < 4.78 is 6.01. The first-order valence-electron chi connectivity index (χ1n) is 23.7. The van der Waals surface area contributed by atoms with Gasteiger partial charge < -0.3 is 0 Å². The Morgan fingerprint density at radius 3 is 1.08 bits per heavy atom. The topological polar surface area (TPSA) is 9.72 Å². The summed E-state index contributed by atoms with van der Waals surface area (Å²) in [4.78, 5) is 7.97. The van der Waals surface area contributed by atoms with E-state index in [4.69, 9.17) is 0 Å². The molecule has 3 aliphatic rings. The second-order valence-corrected chi connectivity index (χ2v) is 32.1. The third-order valence-corrected chi connectivity index (χ3v) is 28.9. The summed E-state index contributed by atoms with van der Waals surface area (Å²) in [6.45, 7) is 20.8. The molecule has 3 aliphatic heterocycles. The van der Waals surface area contributed by atoms with Gasteiger partial charge in [-0.2, -0.15) is 0 Å². The number of hydrogen-bond donors (Lipinski definition) is 0. The van der Waals surface area contributed by atoms with Crippen molar-refractivity contribution < 1.29 is 0 Å². The van der Waals surface area contributed by atoms with E-state index in [1.54, 1.807) is 0 Å². The van der Waals surface area contributed by atoms with Gasteiger partial charge in [-0.25, -0.2) is 0 Å². The van der Waals surface area contributed by atoms with Crippen molar-refractivity contribution in [1.82, 2.24) is 0 Å². The average Bonchev–Trinajstić information content (AvgIpc) is 3.31. The quantitative estimate of drug-likeness (QED) is 0.163. The molecule has 0 radical (unpaired) electrons. The van der Waals surface area contributed by atoms with Gasteiger partial charge in [-0.15, -0.1) is 0 Å². The maximum absolute atomic E-state index is 4.53. The standard InChI is InChI=1S/C56H52N3.C6H5.Sn/c1-54(2,3)40-21-27-43(28-22-40)57-48-33-38-15-10-12-19-50(38)52(36-48)58(44-29-23-41(24-30-44)55(4,5)6)46-17-14-18-47(35-46)59(45-31-25-42(26-32-45)56(7,8)9)53-37-49(57)34-39-16-11-13-20-51(39)53;1-2-4-6-5-3-1;/h10-34H,1-9H3;1-5H;. The third-order valence-electron chi connectivity index (χ3n) is 14.7. The second-order valence-electron chi connectivity index (χ2n) is 21.9. The molecule has 0 spiro atoms. The van der Waals surface area contributed by atoms with E-state index in [0.29, 0.717) is 0 Å². The molecule has 0 atom stereocenters. The number of fused-ring (bicyclic) bond motifs is 4. The average molecular weight is 963 g/mol. The van der Waals surface area contributed by atoms with Crippen molar-refractivity contribution in [2.24, 2.45) is 0 Å². The minimum absolute atomic E-state index is 0.0236. The van der Waals surface area contributed by atoms with E-state index in [0.717, 1.165) is 0 Å². The molecule has 0 amide bonds. The van der Waals surface area contributed by atoms with Crippen molar-refractivity contribution in [3.05, 3.63) is 199 Å². The fraction of sp³-hybridized carbons (Fsp3) is 0.194. The first kappa shape index (κ1) is 41.2. The molecule has 0 bridgehead atoms. The zero-order valence-corrected chi connectivity index (χ0v) is 42.5. The van der Waals surface area contributed by atoms with Crippen LogP contribution in [0.25, 0.3) is 21.5 Å². The minimum atomic E-state index is -4.53. The van der Waals surface area contributed by atoms with Crippen molar-refractivity contribution in [1.29, 1.82) is 0 Å². The van der Waals surface area contributed by atoms with Gasteiger partial charge in [-0.05, 0) is 0 Å². The van der Waals surface area contributed by atoms with Crippen LogP contribution >= 0.6 is 0 Å². The summed E-state index contributed by atoms with van der Waals surface area (Å²) in [6.07, 6.45) is 0. The summed E-state index contributed by atoms with van der Waals surface area (Å²) >= 11 is -4.53. The van der Waals surface area contributed by atoms with E-state index in [-0.39, 0.29) is 16.2 Å². The number of nitrogens with zero attached hydrogens (tertiary/aromatic N) is 3. The van der Waals surface area contributed by atoms with Gasteiger partial charge >= 0.3 is 397 Å². The van der Waals surface area contributed by atoms with E-state index < -0.39 is 18.4 Å². The number of rotatable bonds is 4. The number of anilines is 9. The fourth-order valence-corrected chi connectivity index (χ4v) is 28.1. The predicted molar refractivity (Wildman–Crippen MR) is 286 cm³/mol. The molecule has 12 rings (SSSR count). The molecular formula is C62H57N3Sn. The van der Waals surface area contributed by atoms with Crippen LogP contribution in [0.1, 0.15) is 79.0 Å². The van der Waals surface area contributed by atoms with Crippen LogP contribution in [0.2, 0.25) is 0 Å². The molecule has 0 saturated heterocycles. The molecule has 0 fully saturated rings. The molecule has 3 nitrogen and oxygen atoms in total. The van der Waals surface area contributed by atoms with Gasteiger partial charge in [0.1, 0.15) is 0 Å².